The number of benzene rings is 2. The van der Waals surface area contributed by atoms with E-state index in [0.717, 1.165) is 6.07 Å². The number of anilines is 1. The fourth-order valence-corrected chi connectivity index (χ4v) is 2.02. The van der Waals surface area contributed by atoms with Crippen LogP contribution in [0.25, 0.3) is 0 Å². The topological polar surface area (TPSA) is 50.4 Å². The van der Waals surface area contributed by atoms with Gasteiger partial charge in [-0.3, -0.25) is 0 Å². The minimum Gasteiger partial charge on any atom is -0.472 e. The lowest BCUT2D eigenvalue weighted by atomic mass is 10.3. The largest absolute Gasteiger partial charge is 0.472 e. The maximum Gasteiger partial charge on any atom is 0.321 e. The van der Waals surface area contributed by atoms with Gasteiger partial charge in [0.15, 0.2) is 24.2 Å². The van der Waals surface area contributed by atoms with Crippen molar-refractivity contribution in [3.8, 4) is 5.75 Å². The van der Waals surface area contributed by atoms with E-state index in [1.54, 1.807) is 6.07 Å². The molecule has 0 fully saturated rings. The lowest BCUT2D eigenvalue weighted by molar-refractivity contribution is 0.234. The van der Waals surface area contributed by atoms with Gasteiger partial charge in [0.1, 0.15) is 5.75 Å². The summed E-state index contributed by atoms with van der Waals surface area (Å²) < 4.78 is 44.4. The molecule has 2 amide bonds. The highest BCUT2D eigenvalue weighted by Crippen LogP contribution is 2.27. The Labute approximate surface area is 139 Å². The van der Waals surface area contributed by atoms with Crippen molar-refractivity contribution in [1.82, 2.24) is 5.32 Å². The molecule has 0 aliphatic heterocycles. The third-order valence-electron chi connectivity index (χ3n) is 2.64. The maximum absolute atomic E-state index is 13.4. The Kier molecular flexibility index (Phi) is 5.57. The molecular weight excluding hydrogens is 356 g/mol. The molecule has 0 unspecified atom stereocenters. The predicted octanol–water partition coefficient (Wildman–Crippen LogP) is 4.57. The maximum atomic E-state index is 13.4. The van der Waals surface area contributed by atoms with Crippen LogP contribution >= 0.6 is 23.2 Å². The zero-order chi connectivity index (χ0) is 17.0. The first-order valence-electron chi connectivity index (χ1n) is 6.14. The summed E-state index contributed by atoms with van der Waals surface area (Å²) in [6.07, 6.45) is 0. The number of halogens is 5. The molecule has 2 aromatic carbocycles. The second kappa shape index (κ2) is 7.43. The summed E-state index contributed by atoms with van der Waals surface area (Å²) in [4.78, 5) is 11.6. The van der Waals surface area contributed by atoms with Crippen molar-refractivity contribution in [1.29, 1.82) is 0 Å². The smallest absolute Gasteiger partial charge is 0.321 e. The highest BCUT2D eigenvalue weighted by Gasteiger charge is 2.15. The van der Waals surface area contributed by atoms with Crippen molar-refractivity contribution in [3.63, 3.8) is 0 Å². The molecule has 0 saturated heterocycles. The predicted molar refractivity (Wildman–Crippen MR) is 80.4 cm³/mol. The minimum atomic E-state index is -1.67. The molecule has 0 aliphatic rings. The van der Waals surface area contributed by atoms with Crippen LogP contribution in [0, 0.1) is 17.5 Å². The summed E-state index contributed by atoms with van der Waals surface area (Å²) in [6, 6.07) is 5.20. The third-order valence-corrected chi connectivity index (χ3v) is 3.17. The van der Waals surface area contributed by atoms with Gasteiger partial charge in [-0.1, -0.05) is 23.2 Å². The van der Waals surface area contributed by atoms with Crippen molar-refractivity contribution in [2.24, 2.45) is 0 Å². The zero-order valence-electron chi connectivity index (χ0n) is 11.3. The molecule has 2 rings (SSSR count). The Balaban J connectivity index is 1.89. The molecule has 0 aliphatic carbocycles. The van der Waals surface area contributed by atoms with Crippen LogP contribution in [0.4, 0.5) is 23.7 Å². The zero-order valence-corrected chi connectivity index (χ0v) is 12.8. The van der Waals surface area contributed by atoms with Gasteiger partial charge < -0.3 is 15.4 Å². The van der Waals surface area contributed by atoms with Gasteiger partial charge in [-0.2, -0.15) is 0 Å². The molecule has 0 atom stereocenters. The van der Waals surface area contributed by atoms with Crippen LogP contribution in [-0.2, 0) is 0 Å². The van der Waals surface area contributed by atoms with E-state index in [1.165, 1.54) is 12.1 Å². The van der Waals surface area contributed by atoms with Crippen molar-refractivity contribution in [2.75, 3.05) is 12.0 Å². The van der Waals surface area contributed by atoms with E-state index >= 15 is 0 Å². The first-order valence-corrected chi connectivity index (χ1v) is 6.90. The number of nitrogens with one attached hydrogen (secondary N) is 2. The number of carbonyl (C=O) groups excluding carboxylic acids is 1. The highest BCUT2D eigenvalue weighted by molar-refractivity contribution is 6.35. The molecule has 2 aromatic rings. The molecule has 0 saturated carbocycles. The quantitative estimate of drug-likeness (QED) is 0.616. The van der Waals surface area contributed by atoms with Crippen molar-refractivity contribution < 1.29 is 22.7 Å². The van der Waals surface area contributed by atoms with Crippen molar-refractivity contribution in [2.45, 2.75) is 0 Å². The summed E-state index contributed by atoms with van der Waals surface area (Å²) >= 11 is 11.6. The van der Waals surface area contributed by atoms with Crippen molar-refractivity contribution >= 4 is 34.9 Å². The van der Waals surface area contributed by atoms with Gasteiger partial charge in [-0.25, -0.2) is 18.0 Å². The van der Waals surface area contributed by atoms with E-state index in [2.05, 4.69) is 5.32 Å². The normalized spacial score (nSPS) is 10.3. The summed E-state index contributed by atoms with van der Waals surface area (Å²) in [5, 5.41) is 4.92. The van der Waals surface area contributed by atoms with Crippen LogP contribution in [-0.4, -0.2) is 12.8 Å². The van der Waals surface area contributed by atoms with E-state index in [-0.39, 0.29) is 17.5 Å². The number of hydrogen-bond acceptors (Lipinski definition) is 2. The molecule has 0 heterocycles. The molecule has 0 spiro atoms. The molecule has 0 aromatic heterocycles. The van der Waals surface area contributed by atoms with Crippen LogP contribution < -0.4 is 15.4 Å². The first-order chi connectivity index (χ1) is 10.9. The molecule has 2 N–H and O–H groups in total. The fraction of sp³-hybridized carbons (Fsp3) is 0.0714. The Morgan fingerprint density at radius 2 is 1.83 bits per heavy atom. The van der Waals surface area contributed by atoms with Crippen LogP contribution in [0.5, 0.6) is 5.75 Å². The molecule has 0 radical (unpaired) electrons. The third kappa shape index (κ3) is 4.43. The van der Waals surface area contributed by atoms with Gasteiger partial charge in [-0.15, -0.1) is 0 Å². The molecule has 9 heteroatoms. The van der Waals surface area contributed by atoms with E-state index in [9.17, 15) is 18.0 Å². The standard InChI is InChI=1S/C14H9Cl2F3N2O2/c15-7-1-4-11(8(16)5-7)23-6-20-14(22)21-10-3-2-9(17)12(18)13(10)19/h1-5H,6H2,(H2,20,21,22). The molecule has 23 heavy (non-hydrogen) atoms. The second-order valence-electron chi connectivity index (χ2n) is 4.22. The van der Waals surface area contributed by atoms with Gasteiger partial charge in [0.05, 0.1) is 10.7 Å². The Hall–Kier alpha value is -2.12. The lowest BCUT2D eigenvalue weighted by Crippen LogP contribution is -2.32. The van der Waals surface area contributed by atoms with E-state index < -0.39 is 29.2 Å². The summed E-state index contributed by atoms with van der Waals surface area (Å²) in [7, 11) is 0. The summed E-state index contributed by atoms with van der Waals surface area (Å²) in [6.45, 7) is -0.293. The van der Waals surface area contributed by atoms with Gasteiger partial charge in [0.25, 0.3) is 0 Å². The number of ether oxygens (including phenoxy) is 1. The van der Waals surface area contributed by atoms with E-state index in [0.29, 0.717) is 11.1 Å². The Bertz CT molecular complexity index is 744. The number of rotatable bonds is 4. The monoisotopic (exact) mass is 364 g/mol. The average molecular weight is 365 g/mol. The van der Waals surface area contributed by atoms with Crippen LogP contribution in [0.1, 0.15) is 0 Å². The van der Waals surface area contributed by atoms with E-state index in [4.69, 9.17) is 27.9 Å². The van der Waals surface area contributed by atoms with Crippen LogP contribution in [0.3, 0.4) is 0 Å². The van der Waals surface area contributed by atoms with Crippen LogP contribution in [0.2, 0.25) is 10.0 Å². The minimum absolute atomic E-state index is 0.242. The van der Waals surface area contributed by atoms with Gasteiger partial charge in [0, 0.05) is 5.02 Å². The molecule has 0 bridgehead atoms. The molecular formula is C14H9Cl2F3N2O2. The average Bonchev–Trinajstić information content (AvgIpc) is 2.50. The molecule has 122 valence electrons. The highest BCUT2D eigenvalue weighted by atomic mass is 35.5. The van der Waals surface area contributed by atoms with E-state index in [1.807, 2.05) is 5.32 Å². The summed E-state index contributed by atoms with van der Waals surface area (Å²) in [5.74, 6) is -4.25. The fourth-order valence-electron chi connectivity index (χ4n) is 1.56. The number of urea groups is 1. The Morgan fingerprint density at radius 3 is 2.52 bits per heavy atom. The number of hydrogen-bond donors (Lipinski definition) is 2. The SMILES string of the molecule is O=C(NCOc1ccc(Cl)cc1Cl)Nc1ccc(F)c(F)c1F. The molecule has 4 nitrogen and oxygen atoms in total. The van der Waals surface area contributed by atoms with Gasteiger partial charge >= 0.3 is 6.03 Å². The number of carbonyl (C=O) groups is 1. The second-order valence-corrected chi connectivity index (χ2v) is 5.06. The van der Waals surface area contributed by atoms with Crippen molar-refractivity contribution in [3.05, 3.63) is 57.8 Å². The summed E-state index contributed by atoms with van der Waals surface area (Å²) in [5.41, 5.74) is -0.508. The lowest BCUT2D eigenvalue weighted by Gasteiger charge is -2.11. The van der Waals surface area contributed by atoms with Gasteiger partial charge in [-0.05, 0) is 30.3 Å². The number of amides is 2. The Morgan fingerprint density at radius 1 is 1.09 bits per heavy atom. The van der Waals surface area contributed by atoms with Gasteiger partial charge in [0.2, 0.25) is 0 Å². The van der Waals surface area contributed by atoms with Crippen LogP contribution in [0.15, 0.2) is 30.3 Å². The first kappa shape index (κ1) is 17.2.